The van der Waals surface area contributed by atoms with Gasteiger partial charge >= 0.3 is 5.97 Å². The lowest BCUT2D eigenvalue weighted by Crippen LogP contribution is -2.27. The summed E-state index contributed by atoms with van der Waals surface area (Å²) in [6.07, 6.45) is 2.37. The smallest absolute Gasteiger partial charge is 0.341 e. The Labute approximate surface area is 75.4 Å². The third-order valence-corrected chi connectivity index (χ3v) is 2.23. The van der Waals surface area contributed by atoms with Crippen LogP contribution in [0.15, 0.2) is 6.20 Å². The van der Waals surface area contributed by atoms with Crippen molar-refractivity contribution in [1.82, 2.24) is 9.78 Å². The lowest BCUT2D eigenvalue weighted by molar-refractivity contribution is 0.0697. The molecule has 0 spiro atoms. The summed E-state index contributed by atoms with van der Waals surface area (Å²) in [5, 5.41) is 15.9. The SMILES string of the molecule is CC1CCn2ncc(C(=O)O)c2N1. The van der Waals surface area contributed by atoms with Crippen LogP contribution in [0, 0.1) is 0 Å². The first kappa shape index (κ1) is 8.10. The summed E-state index contributed by atoms with van der Waals surface area (Å²) < 4.78 is 1.70. The van der Waals surface area contributed by atoms with Crippen molar-refractivity contribution in [3.05, 3.63) is 11.8 Å². The molecule has 0 amide bonds. The molecule has 5 heteroatoms. The van der Waals surface area contributed by atoms with Gasteiger partial charge in [0.2, 0.25) is 0 Å². The molecule has 0 aliphatic carbocycles. The Morgan fingerprint density at radius 1 is 1.85 bits per heavy atom. The molecule has 0 aromatic carbocycles. The van der Waals surface area contributed by atoms with E-state index in [2.05, 4.69) is 10.4 Å². The van der Waals surface area contributed by atoms with Gasteiger partial charge in [-0.3, -0.25) is 0 Å². The van der Waals surface area contributed by atoms with Gasteiger partial charge in [-0.15, -0.1) is 0 Å². The number of carboxylic acid groups (broad SMARTS) is 1. The summed E-state index contributed by atoms with van der Waals surface area (Å²) >= 11 is 0. The number of aryl methyl sites for hydroxylation is 1. The highest BCUT2D eigenvalue weighted by molar-refractivity contribution is 5.93. The molecule has 2 heterocycles. The van der Waals surface area contributed by atoms with Crippen molar-refractivity contribution in [2.75, 3.05) is 5.32 Å². The number of nitrogens with one attached hydrogen (secondary N) is 1. The highest BCUT2D eigenvalue weighted by Gasteiger charge is 2.21. The van der Waals surface area contributed by atoms with E-state index in [4.69, 9.17) is 5.11 Å². The maximum absolute atomic E-state index is 10.7. The molecule has 1 aromatic heterocycles. The van der Waals surface area contributed by atoms with Crippen LogP contribution in [0.25, 0.3) is 0 Å². The number of fused-ring (bicyclic) bond motifs is 1. The van der Waals surface area contributed by atoms with Crippen LogP contribution in [0.2, 0.25) is 0 Å². The zero-order valence-electron chi connectivity index (χ0n) is 7.32. The van der Waals surface area contributed by atoms with Gasteiger partial charge in [0.05, 0.1) is 6.20 Å². The molecule has 2 N–H and O–H groups in total. The zero-order chi connectivity index (χ0) is 9.42. The van der Waals surface area contributed by atoms with E-state index in [1.165, 1.54) is 6.20 Å². The lowest BCUT2D eigenvalue weighted by Gasteiger charge is -2.22. The van der Waals surface area contributed by atoms with Crippen LogP contribution in [0.3, 0.4) is 0 Å². The molecule has 0 saturated heterocycles. The van der Waals surface area contributed by atoms with Gasteiger partial charge in [-0.1, -0.05) is 0 Å². The van der Waals surface area contributed by atoms with E-state index in [1.54, 1.807) is 4.68 Å². The predicted molar refractivity (Wildman–Crippen MR) is 46.9 cm³/mol. The molecule has 0 bridgehead atoms. The Morgan fingerprint density at radius 3 is 3.31 bits per heavy atom. The van der Waals surface area contributed by atoms with Crippen LogP contribution in [0.1, 0.15) is 23.7 Å². The van der Waals surface area contributed by atoms with Crippen LogP contribution in [0.5, 0.6) is 0 Å². The van der Waals surface area contributed by atoms with Gasteiger partial charge in [0, 0.05) is 12.6 Å². The lowest BCUT2D eigenvalue weighted by atomic mass is 10.2. The van der Waals surface area contributed by atoms with Crippen molar-refractivity contribution in [3.8, 4) is 0 Å². The molecule has 1 unspecified atom stereocenters. The molecule has 0 radical (unpaired) electrons. The van der Waals surface area contributed by atoms with Crippen LogP contribution < -0.4 is 5.32 Å². The average molecular weight is 181 g/mol. The molecular formula is C8H11N3O2. The number of carbonyl (C=O) groups is 1. The van der Waals surface area contributed by atoms with Crippen LogP contribution in [0.4, 0.5) is 5.82 Å². The van der Waals surface area contributed by atoms with E-state index in [0.717, 1.165) is 13.0 Å². The summed E-state index contributed by atoms with van der Waals surface area (Å²) in [6, 6.07) is 0.322. The van der Waals surface area contributed by atoms with E-state index in [9.17, 15) is 4.79 Å². The van der Waals surface area contributed by atoms with Crippen LogP contribution in [-0.2, 0) is 6.54 Å². The fourth-order valence-corrected chi connectivity index (χ4v) is 1.49. The van der Waals surface area contributed by atoms with Gasteiger partial charge in [-0.2, -0.15) is 5.10 Å². The normalized spacial score (nSPS) is 20.5. The summed E-state index contributed by atoms with van der Waals surface area (Å²) in [6.45, 7) is 2.82. The highest BCUT2D eigenvalue weighted by Crippen LogP contribution is 2.21. The number of hydrogen-bond acceptors (Lipinski definition) is 3. The number of aromatic carboxylic acids is 1. The first-order valence-corrected chi connectivity index (χ1v) is 4.24. The number of aromatic nitrogens is 2. The predicted octanol–water partition coefficient (Wildman–Crippen LogP) is 0.785. The number of nitrogens with zero attached hydrogens (tertiary/aromatic N) is 2. The van der Waals surface area contributed by atoms with Gasteiger partial charge in [-0.25, -0.2) is 9.48 Å². The summed E-state index contributed by atoms with van der Waals surface area (Å²) in [5.41, 5.74) is 0.256. The van der Waals surface area contributed by atoms with E-state index >= 15 is 0 Å². The maximum atomic E-state index is 10.7. The second kappa shape index (κ2) is 2.76. The fraction of sp³-hybridized carbons (Fsp3) is 0.500. The fourth-order valence-electron chi connectivity index (χ4n) is 1.49. The number of anilines is 1. The molecular weight excluding hydrogens is 170 g/mol. The van der Waals surface area contributed by atoms with Gasteiger partial charge in [-0.05, 0) is 13.3 Å². The molecule has 1 aromatic rings. The minimum absolute atomic E-state index is 0.256. The van der Waals surface area contributed by atoms with Gasteiger partial charge in [0.1, 0.15) is 11.4 Å². The van der Waals surface area contributed by atoms with Crippen molar-refractivity contribution in [1.29, 1.82) is 0 Å². The van der Waals surface area contributed by atoms with Crippen molar-refractivity contribution in [2.24, 2.45) is 0 Å². The Morgan fingerprint density at radius 2 is 2.62 bits per heavy atom. The van der Waals surface area contributed by atoms with Crippen LogP contribution >= 0.6 is 0 Å². The first-order chi connectivity index (χ1) is 6.18. The third-order valence-electron chi connectivity index (χ3n) is 2.23. The number of rotatable bonds is 1. The van der Waals surface area contributed by atoms with E-state index in [0.29, 0.717) is 11.9 Å². The molecule has 1 aliphatic rings. The minimum Gasteiger partial charge on any atom is -0.477 e. The van der Waals surface area contributed by atoms with E-state index in [-0.39, 0.29) is 5.56 Å². The number of hydrogen-bond donors (Lipinski definition) is 2. The number of carboxylic acids is 1. The van der Waals surface area contributed by atoms with E-state index in [1.807, 2.05) is 6.92 Å². The van der Waals surface area contributed by atoms with E-state index < -0.39 is 5.97 Å². The Hall–Kier alpha value is -1.52. The third kappa shape index (κ3) is 1.26. The molecule has 1 atom stereocenters. The minimum atomic E-state index is -0.928. The molecule has 13 heavy (non-hydrogen) atoms. The summed E-state index contributed by atoms with van der Waals surface area (Å²) in [4.78, 5) is 10.7. The second-order valence-electron chi connectivity index (χ2n) is 3.27. The average Bonchev–Trinajstić information content (AvgIpc) is 2.46. The highest BCUT2D eigenvalue weighted by atomic mass is 16.4. The standard InChI is InChI=1S/C8H11N3O2/c1-5-2-3-11-7(10-5)6(4-9-11)8(12)13/h4-5,10H,2-3H2,1H3,(H,12,13). The first-order valence-electron chi connectivity index (χ1n) is 4.24. The molecule has 2 rings (SSSR count). The second-order valence-corrected chi connectivity index (χ2v) is 3.27. The molecule has 1 aliphatic heterocycles. The van der Waals surface area contributed by atoms with Crippen LogP contribution in [-0.4, -0.2) is 26.9 Å². The van der Waals surface area contributed by atoms with Gasteiger partial charge in [0.15, 0.2) is 0 Å². The van der Waals surface area contributed by atoms with Crippen molar-refractivity contribution in [2.45, 2.75) is 25.9 Å². The quantitative estimate of drug-likeness (QED) is 0.672. The zero-order valence-corrected chi connectivity index (χ0v) is 7.32. The Balaban J connectivity index is 2.41. The molecule has 0 fully saturated rings. The summed E-state index contributed by atoms with van der Waals surface area (Å²) in [7, 11) is 0. The van der Waals surface area contributed by atoms with Gasteiger partial charge in [0.25, 0.3) is 0 Å². The topological polar surface area (TPSA) is 67.2 Å². The van der Waals surface area contributed by atoms with Crippen molar-refractivity contribution >= 4 is 11.8 Å². The molecule has 70 valence electrons. The maximum Gasteiger partial charge on any atom is 0.341 e. The van der Waals surface area contributed by atoms with Gasteiger partial charge < -0.3 is 10.4 Å². The monoisotopic (exact) mass is 181 g/mol. The van der Waals surface area contributed by atoms with Crippen molar-refractivity contribution < 1.29 is 9.90 Å². The Bertz CT molecular complexity index is 345. The largest absolute Gasteiger partial charge is 0.477 e. The Kier molecular flexibility index (Phi) is 1.72. The molecule has 0 saturated carbocycles. The summed E-state index contributed by atoms with van der Waals surface area (Å²) in [5.74, 6) is -0.297. The van der Waals surface area contributed by atoms with Crippen molar-refractivity contribution in [3.63, 3.8) is 0 Å². The molecule has 5 nitrogen and oxygen atoms in total.